The van der Waals surface area contributed by atoms with Gasteiger partial charge in [-0.1, -0.05) is 18.9 Å². The molecular weight excluding hydrogens is 294 g/mol. The number of methoxy groups -OCH3 is 1. The number of rotatable bonds is 9. The zero-order valence-electron chi connectivity index (χ0n) is 14.7. The Morgan fingerprint density at radius 1 is 1.09 bits per heavy atom. The molecule has 0 aromatic heterocycles. The van der Waals surface area contributed by atoms with E-state index in [1.807, 2.05) is 45.0 Å². The van der Waals surface area contributed by atoms with Crippen molar-refractivity contribution in [2.75, 3.05) is 20.3 Å². The van der Waals surface area contributed by atoms with Gasteiger partial charge in [0.1, 0.15) is 17.1 Å². The van der Waals surface area contributed by atoms with Gasteiger partial charge in [-0.2, -0.15) is 0 Å². The molecule has 130 valence electrons. The lowest BCUT2D eigenvalue weighted by Crippen LogP contribution is -2.32. The van der Waals surface area contributed by atoms with Crippen molar-refractivity contribution in [3.05, 3.63) is 24.3 Å². The number of carbonyl (C=O) groups is 1. The first kappa shape index (κ1) is 19.1. The van der Waals surface area contributed by atoms with E-state index in [4.69, 9.17) is 14.2 Å². The van der Waals surface area contributed by atoms with Crippen LogP contribution < -0.4 is 14.8 Å². The maximum Gasteiger partial charge on any atom is 0.407 e. The Labute approximate surface area is 139 Å². The Bertz CT molecular complexity index is 468. The monoisotopic (exact) mass is 323 g/mol. The molecule has 1 amide bonds. The second kappa shape index (κ2) is 9.98. The van der Waals surface area contributed by atoms with Crippen LogP contribution in [0.2, 0.25) is 0 Å². The number of hydrogen-bond donors (Lipinski definition) is 1. The number of unbranched alkanes of at least 4 members (excludes halogenated alkanes) is 3. The highest BCUT2D eigenvalue weighted by Gasteiger charge is 2.15. The molecule has 23 heavy (non-hydrogen) atoms. The maximum absolute atomic E-state index is 11.4. The van der Waals surface area contributed by atoms with Gasteiger partial charge in [0, 0.05) is 12.6 Å². The molecule has 1 aromatic rings. The first-order valence-corrected chi connectivity index (χ1v) is 8.14. The zero-order chi connectivity index (χ0) is 17.1. The summed E-state index contributed by atoms with van der Waals surface area (Å²) in [6.45, 7) is 6.90. The summed E-state index contributed by atoms with van der Waals surface area (Å²) in [5.74, 6) is 1.63. The summed E-state index contributed by atoms with van der Waals surface area (Å²) in [5, 5.41) is 2.76. The highest BCUT2D eigenvalue weighted by atomic mass is 16.6. The molecule has 5 nitrogen and oxygen atoms in total. The Morgan fingerprint density at radius 3 is 2.48 bits per heavy atom. The lowest BCUT2D eigenvalue weighted by atomic mass is 10.2. The third-order valence-electron chi connectivity index (χ3n) is 3.05. The molecule has 0 saturated heterocycles. The Hall–Kier alpha value is -1.91. The standard InChI is InChI=1S/C18H29NO4/c1-18(2,3)23-17(20)19-12-7-5-6-8-13-22-16-11-9-10-15(14-16)21-4/h9-11,14H,5-8,12-13H2,1-4H3,(H,19,20). The van der Waals surface area contributed by atoms with Gasteiger partial charge in [-0.3, -0.25) is 0 Å². The van der Waals surface area contributed by atoms with Crippen LogP contribution in [0.25, 0.3) is 0 Å². The van der Waals surface area contributed by atoms with Crippen molar-refractivity contribution in [3.63, 3.8) is 0 Å². The molecule has 5 heteroatoms. The summed E-state index contributed by atoms with van der Waals surface area (Å²) < 4.78 is 16.0. The molecule has 1 aromatic carbocycles. The average molecular weight is 323 g/mol. The van der Waals surface area contributed by atoms with Crippen molar-refractivity contribution in [2.45, 2.75) is 52.1 Å². The fourth-order valence-electron chi connectivity index (χ4n) is 1.97. The maximum atomic E-state index is 11.4. The third kappa shape index (κ3) is 9.66. The van der Waals surface area contributed by atoms with E-state index in [-0.39, 0.29) is 6.09 Å². The molecular formula is C18H29NO4. The van der Waals surface area contributed by atoms with Crippen LogP contribution in [-0.2, 0) is 4.74 Å². The van der Waals surface area contributed by atoms with Crippen molar-refractivity contribution in [3.8, 4) is 11.5 Å². The van der Waals surface area contributed by atoms with Crippen molar-refractivity contribution in [2.24, 2.45) is 0 Å². The van der Waals surface area contributed by atoms with Gasteiger partial charge >= 0.3 is 6.09 Å². The molecule has 0 radical (unpaired) electrons. The second-order valence-corrected chi connectivity index (χ2v) is 6.37. The Kier molecular flexibility index (Phi) is 8.30. The number of alkyl carbamates (subject to hydrolysis) is 1. The van der Waals surface area contributed by atoms with Crippen molar-refractivity contribution in [1.29, 1.82) is 0 Å². The minimum Gasteiger partial charge on any atom is -0.497 e. The van der Waals surface area contributed by atoms with Crippen molar-refractivity contribution < 1.29 is 19.0 Å². The third-order valence-corrected chi connectivity index (χ3v) is 3.05. The fourth-order valence-corrected chi connectivity index (χ4v) is 1.97. The SMILES string of the molecule is COc1cccc(OCCCCCCNC(=O)OC(C)(C)C)c1. The Morgan fingerprint density at radius 2 is 1.78 bits per heavy atom. The van der Waals surface area contributed by atoms with Crippen LogP contribution in [0.3, 0.4) is 0 Å². The number of benzene rings is 1. The summed E-state index contributed by atoms with van der Waals surface area (Å²) in [6.07, 6.45) is 3.71. The van der Waals surface area contributed by atoms with Gasteiger partial charge in [-0.25, -0.2) is 4.79 Å². The van der Waals surface area contributed by atoms with Crippen LogP contribution in [0.1, 0.15) is 46.5 Å². The van der Waals surface area contributed by atoms with Gasteiger partial charge in [-0.15, -0.1) is 0 Å². The number of ether oxygens (including phenoxy) is 3. The van der Waals surface area contributed by atoms with Gasteiger partial charge in [0.2, 0.25) is 0 Å². The molecule has 0 unspecified atom stereocenters. The van der Waals surface area contributed by atoms with Crippen molar-refractivity contribution >= 4 is 6.09 Å². The molecule has 0 fully saturated rings. The number of hydrogen-bond acceptors (Lipinski definition) is 4. The number of amides is 1. The minimum atomic E-state index is -0.443. The quantitative estimate of drug-likeness (QED) is 0.693. The molecule has 0 atom stereocenters. The van der Waals surface area contributed by atoms with Crippen LogP contribution in [-0.4, -0.2) is 32.0 Å². The van der Waals surface area contributed by atoms with E-state index < -0.39 is 5.60 Å². The summed E-state index contributed by atoms with van der Waals surface area (Å²) in [6, 6.07) is 7.61. The summed E-state index contributed by atoms with van der Waals surface area (Å²) >= 11 is 0. The van der Waals surface area contributed by atoms with Gasteiger partial charge < -0.3 is 19.5 Å². The number of carbonyl (C=O) groups excluding carboxylic acids is 1. The van der Waals surface area contributed by atoms with E-state index in [1.54, 1.807) is 7.11 Å². The highest BCUT2D eigenvalue weighted by molar-refractivity contribution is 5.67. The highest BCUT2D eigenvalue weighted by Crippen LogP contribution is 2.19. The van der Waals surface area contributed by atoms with Gasteiger partial charge in [0.15, 0.2) is 0 Å². The van der Waals surface area contributed by atoms with Gasteiger partial charge in [0.25, 0.3) is 0 Å². The summed E-state index contributed by atoms with van der Waals surface area (Å²) in [4.78, 5) is 11.4. The van der Waals surface area contributed by atoms with Crippen molar-refractivity contribution in [1.82, 2.24) is 5.32 Å². The van der Waals surface area contributed by atoms with Crippen LogP contribution in [0.5, 0.6) is 11.5 Å². The molecule has 0 aliphatic heterocycles. The van der Waals surface area contributed by atoms with Crippen LogP contribution in [0.15, 0.2) is 24.3 Å². The van der Waals surface area contributed by atoms with E-state index in [2.05, 4.69) is 5.32 Å². The fraction of sp³-hybridized carbons (Fsp3) is 0.611. The molecule has 0 saturated carbocycles. The summed E-state index contributed by atoms with van der Waals surface area (Å²) in [7, 11) is 1.64. The number of nitrogens with one attached hydrogen (secondary N) is 1. The first-order chi connectivity index (χ1) is 10.9. The molecule has 0 heterocycles. The second-order valence-electron chi connectivity index (χ2n) is 6.37. The molecule has 0 aliphatic rings. The van der Waals surface area contributed by atoms with E-state index >= 15 is 0 Å². The molecule has 0 spiro atoms. The van der Waals surface area contributed by atoms with E-state index in [0.29, 0.717) is 13.2 Å². The summed E-state index contributed by atoms with van der Waals surface area (Å²) in [5.41, 5.74) is -0.443. The lowest BCUT2D eigenvalue weighted by molar-refractivity contribution is 0.0527. The largest absolute Gasteiger partial charge is 0.497 e. The first-order valence-electron chi connectivity index (χ1n) is 8.14. The molecule has 1 rings (SSSR count). The zero-order valence-corrected chi connectivity index (χ0v) is 14.7. The van der Waals surface area contributed by atoms with Crippen LogP contribution >= 0.6 is 0 Å². The van der Waals surface area contributed by atoms with E-state index in [1.165, 1.54) is 0 Å². The van der Waals surface area contributed by atoms with E-state index in [9.17, 15) is 4.79 Å². The van der Waals surface area contributed by atoms with Gasteiger partial charge in [-0.05, 0) is 45.7 Å². The average Bonchev–Trinajstić information content (AvgIpc) is 2.48. The van der Waals surface area contributed by atoms with Crippen LogP contribution in [0, 0.1) is 0 Å². The van der Waals surface area contributed by atoms with Crippen LogP contribution in [0.4, 0.5) is 4.79 Å². The van der Waals surface area contributed by atoms with Gasteiger partial charge in [0.05, 0.1) is 13.7 Å². The molecule has 0 aliphatic carbocycles. The predicted octanol–water partition coefficient (Wildman–Crippen LogP) is 4.16. The predicted molar refractivity (Wildman–Crippen MR) is 91.2 cm³/mol. The smallest absolute Gasteiger partial charge is 0.407 e. The minimum absolute atomic E-state index is 0.348. The Balaban J connectivity index is 2.00. The molecule has 0 bridgehead atoms. The molecule has 1 N–H and O–H groups in total. The van der Waals surface area contributed by atoms with E-state index in [0.717, 1.165) is 37.2 Å². The topological polar surface area (TPSA) is 56.8 Å². The lowest BCUT2D eigenvalue weighted by Gasteiger charge is -2.19. The normalized spacial score (nSPS) is 11.0.